The molecule has 0 spiro atoms. The van der Waals surface area contributed by atoms with Crippen LogP contribution in [0.2, 0.25) is 0 Å². The number of rotatable bonds is 5. The van der Waals surface area contributed by atoms with Crippen LogP contribution < -0.4 is 5.32 Å². The lowest BCUT2D eigenvalue weighted by atomic mass is 9.99. The lowest BCUT2D eigenvalue weighted by molar-refractivity contribution is 0.00597. The topological polar surface area (TPSA) is 58.6 Å². The van der Waals surface area contributed by atoms with Crippen molar-refractivity contribution < 1.29 is 19.0 Å². The third-order valence-electron chi connectivity index (χ3n) is 3.55. The summed E-state index contributed by atoms with van der Waals surface area (Å²) in [6.07, 6.45) is 4.14. The van der Waals surface area contributed by atoms with Crippen molar-refractivity contribution in [3.8, 4) is 0 Å². The number of carboxylic acid groups (broad SMARTS) is 1. The molecule has 1 aromatic rings. The lowest BCUT2D eigenvalue weighted by Gasteiger charge is -2.30. The number of aromatic carboxylic acids is 1. The van der Waals surface area contributed by atoms with Crippen molar-refractivity contribution in [1.29, 1.82) is 0 Å². The molecular formula is C15H20FNO3. The smallest absolute Gasteiger partial charge is 0.338 e. The van der Waals surface area contributed by atoms with Crippen LogP contribution in [-0.2, 0) is 4.74 Å². The molecule has 1 aromatic carbocycles. The number of anilines is 1. The number of carboxylic acids is 1. The first-order chi connectivity index (χ1) is 9.60. The van der Waals surface area contributed by atoms with Gasteiger partial charge in [0, 0.05) is 18.3 Å². The van der Waals surface area contributed by atoms with Gasteiger partial charge in [0.25, 0.3) is 0 Å². The van der Waals surface area contributed by atoms with Crippen LogP contribution in [0.25, 0.3) is 0 Å². The zero-order chi connectivity index (χ0) is 14.5. The summed E-state index contributed by atoms with van der Waals surface area (Å²) in [4.78, 5) is 10.9. The summed E-state index contributed by atoms with van der Waals surface area (Å²) in [6, 6.07) is 4.36. The van der Waals surface area contributed by atoms with Crippen LogP contribution in [0.5, 0.6) is 0 Å². The Labute approximate surface area is 117 Å². The molecule has 1 saturated heterocycles. The molecule has 0 aliphatic carbocycles. The quantitative estimate of drug-likeness (QED) is 0.869. The van der Waals surface area contributed by atoms with Gasteiger partial charge in [-0.3, -0.25) is 0 Å². The van der Waals surface area contributed by atoms with E-state index in [1.165, 1.54) is 12.1 Å². The van der Waals surface area contributed by atoms with Gasteiger partial charge in [0.05, 0.1) is 11.7 Å². The highest BCUT2D eigenvalue weighted by Gasteiger charge is 2.22. The number of halogens is 1. The van der Waals surface area contributed by atoms with Gasteiger partial charge in [0.1, 0.15) is 5.82 Å². The van der Waals surface area contributed by atoms with E-state index in [1.54, 1.807) is 6.07 Å². The maximum Gasteiger partial charge on any atom is 0.338 e. The molecule has 2 rings (SSSR count). The molecule has 1 fully saturated rings. The molecule has 0 radical (unpaired) electrons. The molecule has 1 aliphatic rings. The van der Waals surface area contributed by atoms with E-state index < -0.39 is 11.8 Å². The van der Waals surface area contributed by atoms with Crippen LogP contribution in [0.15, 0.2) is 18.2 Å². The Bertz CT molecular complexity index is 476. The summed E-state index contributed by atoms with van der Waals surface area (Å²) >= 11 is 0. The van der Waals surface area contributed by atoms with Gasteiger partial charge in [0.2, 0.25) is 0 Å². The summed E-state index contributed by atoms with van der Waals surface area (Å²) in [5.74, 6) is -1.96. The fourth-order valence-electron chi connectivity index (χ4n) is 2.55. The Morgan fingerprint density at radius 3 is 3.05 bits per heavy atom. The molecule has 2 unspecified atom stereocenters. The molecule has 20 heavy (non-hydrogen) atoms. The highest BCUT2D eigenvalue weighted by molar-refractivity contribution is 5.89. The first kappa shape index (κ1) is 14.8. The minimum atomic E-state index is -1.25. The fraction of sp³-hybridized carbons (Fsp3) is 0.533. The molecular weight excluding hydrogens is 261 g/mol. The number of hydrogen-bond acceptors (Lipinski definition) is 3. The second-order valence-corrected chi connectivity index (χ2v) is 5.15. The molecule has 4 nitrogen and oxygen atoms in total. The van der Waals surface area contributed by atoms with Crippen LogP contribution in [0, 0.1) is 5.82 Å². The third kappa shape index (κ3) is 3.70. The standard InChI is InChI=1S/C15H20FNO3/c1-2-3-12-8-11(6-7-20-12)17-10-4-5-14(16)13(9-10)15(18)19/h4-5,9,11-12,17H,2-3,6-8H2,1H3,(H,18,19). The van der Waals surface area contributed by atoms with Crippen molar-refractivity contribution >= 4 is 11.7 Å². The van der Waals surface area contributed by atoms with E-state index in [-0.39, 0.29) is 17.7 Å². The zero-order valence-corrected chi connectivity index (χ0v) is 11.6. The Morgan fingerprint density at radius 2 is 2.35 bits per heavy atom. The maximum absolute atomic E-state index is 13.3. The van der Waals surface area contributed by atoms with E-state index in [2.05, 4.69) is 12.2 Å². The molecule has 1 aliphatic heterocycles. The summed E-state index contributed by atoms with van der Waals surface area (Å²) in [7, 11) is 0. The second kappa shape index (κ2) is 6.70. The van der Waals surface area contributed by atoms with Gasteiger partial charge in [-0.05, 0) is 37.5 Å². The molecule has 2 N–H and O–H groups in total. The molecule has 0 bridgehead atoms. The summed E-state index contributed by atoms with van der Waals surface area (Å²) < 4.78 is 19.0. The van der Waals surface area contributed by atoms with Gasteiger partial charge < -0.3 is 15.2 Å². The van der Waals surface area contributed by atoms with Crippen molar-refractivity contribution in [3.05, 3.63) is 29.6 Å². The molecule has 0 saturated carbocycles. The number of benzene rings is 1. The normalized spacial score (nSPS) is 22.5. The second-order valence-electron chi connectivity index (χ2n) is 5.15. The van der Waals surface area contributed by atoms with Gasteiger partial charge in [-0.15, -0.1) is 0 Å². The largest absolute Gasteiger partial charge is 0.478 e. The minimum absolute atomic E-state index is 0.243. The molecule has 1 heterocycles. The minimum Gasteiger partial charge on any atom is -0.478 e. The van der Waals surface area contributed by atoms with E-state index >= 15 is 0 Å². The van der Waals surface area contributed by atoms with Crippen molar-refractivity contribution in [3.63, 3.8) is 0 Å². The Balaban J connectivity index is 2.02. The predicted octanol–water partition coefficient (Wildman–Crippen LogP) is 3.28. The fourth-order valence-corrected chi connectivity index (χ4v) is 2.55. The Kier molecular flexibility index (Phi) is 4.95. The van der Waals surface area contributed by atoms with E-state index in [4.69, 9.17) is 9.84 Å². The zero-order valence-electron chi connectivity index (χ0n) is 11.6. The van der Waals surface area contributed by atoms with Crippen LogP contribution in [0.4, 0.5) is 10.1 Å². The monoisotopic (exact) mass is 281 g/mol. The van der Waals surface area contributed by atoms with Gasteiger partial charge >= 0.3 is 5.97 Å². The predicted molar refractivity (Wildman–Crippen MR) is 74.7 cm³/mol. The van der Waals surface area contributed by atoms with Gasteiger partial charge in [-0.1, -0.05) is 13.3 Å². The SMILES string of the molecule is CCCC1CC(Nc2ccc(F)c(C(=O)O)c2)CCO1. The summed E-state index contributed by atoms with van der Waals surface area (Å²) in [6.45, 7) is 2.83. The molecule has 0 amide bonds. The summed E-state index contributed by atoms with van der Waals surface area (Å²) in [5, 5.41) is 12.2. The number of hydrogen-bond donors (Lipinski definition) is 2. The van der Waals surface area contributed by atoms with Crippen LogP contribution in [-0.4, -0.2) is 29.8 Å². The first-order valence-corrected chi connectivity index (χ1v) is 7.01. The molecule has 0 aromatic heterocycles. The van der Waals surface area contributed by atoms with Crippen molar-refractivity contribution in [2.75, 3.05) is 11.9 Å². The van der Waals surface area contributed by atoms with Gasteiger partial charge in [-0.25, -0.2) is 9.18 Å². The van der Waals surface area contributed by atoms with Gasteiger partial charge in [-0.2, -0.15) is 0 Å². The van der Waals surface area contributed by atoms with Crippen molar-refractivity contribution in [2.45, 2.75) is 44.8 Å². The van der Waals surface area contributed by atoms with Crippen molar-refractivity contribution in [1.82, 2.24) is 0 Å². The van der Waals surface area contributed by atoms with Crippen LogP contribution in [0.1, 0.15) is 43.0 Å². The lowest BCUT2D eigenvalue weighted by Crippen LogP contribution is -2.34. The Hall–Kier alpha value is -1.62. The van der Waals surface area contributed by atoms with Crippen LogP contribution >= 0.6 is 0 Å². The van der Waals surface area contributed by atoms with Crippen molar-refractivity contribution in [2.24, 2.45) is 0 Å². The highest BCUT2D eigenvalue weighted by Crippen LogP contribution is 2.22. The summed E-state index contributed by atoms with van der Waals surface area (Å²) in [5.41, 5.74) is 0.345. The molecule has 5 heteroatoms. The average Bonchev–Trinajstić information content (AvgIpc) is 2.41. The third-order valence-corrected chi connectivity index (χ3v) is 3.55. The first-order valence-electron chi connectivity index (χ1n) is 7.01. The number of carbonyl (C=O) groups is 1. The van der Waals surface area contributed by atoms with E-state index in [0.717, 1.165) is 25.7 Å². The van der Waals surface area contributed by atoms with E-state index in [0.29, 0.717) is 12.3 Å². The van der Waals surface area contributed by atoms with E-state index in [1.807, 2.05) is 0 Å². The average molecular weight is 281 g/mol. The molecule has 2 atom stereocenters. The Morgan fingerprint density at radius 1 is 1.55 bits per heavy atom. The number of ether oxygens (including phenoxy) is 1. The molecule has 110 valence electrons. The van der Waals surface area contributed by atoms with E-state index in [9.17, 15) is 9.18 Å². The number of nitrogens with one attached hydrogen (secondary N) is 1. The van der Waals surface area contributed by atoms with Gasteiger partial charge in [0.15, 0.2) is 0 Å². The maximum atomic E-state index is 13.3. The highest BCUT2D eigenvalue weighted by atomic mass is 19.1. The van der Waals surface area contributed by atoms with Crippen LogP contribution in [0.3, 0.4) is 0 Å².